The van der Waals surface area contributed by atoms with Crippen LogP contribution < -0.4 is 4.90 Å². The number of anilines is 1. The van der Waals surface area contributed by atoms with Crippen LogP contribution in [0.1, 0.15) is 36.4 Å². The quantitative estimate of drug-likeness (QED) is 0.689. The summed E-state index contributed by atoms with van der Waals surface area (Å²) in [6.07, 6.45) is 3.78. The Labute approximate surface area is 165 Å². The molecule has 1 atom stereocenters. The molecule has 144 valence electrons. The second-order valence-electron chi connectivity index (χ2n) is 7.93. The van der Waals surface area contributed by atoms with Gasteiger partial charge in [-0.05, 0) is 48.9 Å². The second kappa shape index (κ2) is 6.97. The van der Waals surface area contributed by atoms with Crippen LogP contribution in [0.2, 0.25) is 0 Å². The number of hydrogen-bond donors (Lipinski definition) is 0. The molecule has 0 radical (unpaired) electrons. The number of hydrogen-bond acceptors (Lipinski definition) is 4. The molecule has 3 aromatic rings. The summed E-state index contributed by atoms with van der Waals surface area (Å²) in [5, 5.41) is 0. The Balaban J connectivity index is 1.24. The van der Waals surface area contributed by atoms with Crippen LogP contribution in [0.3, 0.4) is 0 Å². The Hall–Kier alpha value is -2.82. The summed E-state index contributed by atoms with van der Waals surface area (Å²) in [6.45, 7) is 1.61. The Bertz CT molecular complexity index is 971. The lowest BCUT2D eigenvalue weighted by Gasteiger charge is -2.34. The maximum atomic E-state index is 13.1. The van der Waals surface area contributed by atoms with E-state index in [0.29, 0.717) is 6.01 Å². The van der Waals surface area contributed by atoms with Crippen LogP contribution in [0.25, 0.3) is 11.1 Å². The summed E-state index contributed by atoms with van der Waals surface area (Å²) in [5.74, 6) is 0.359. The van der Waals surface area contributed by atoms with E-state index in [1.54, 1.807) is 0 Å². The number of fused-ring (bicyclic) bond motifs is 2. The monoisotopic (exact) mass is 375 g/mol. The fourth-order valence-corrected chi connectivity index (χ4v) is 4.69. The average Bonchev–Trinajstić information content (AvgIpc) is 3.37. The zero-order valence-corrected chi connectivity index (χ0v) is 16.2. The van der Waals surface area contributed by atoms with Crippen molar-refractivity contribution in [1.82, 2.24) is 9.88 Å². The highest BCUT2D eigenvalue weighted by Gasteiger charge is 2.34. The number of para-hydroxylation sites is 2. The van der Waals surface area contributed by atoms with Gasteiger partial charge in [0.25, 0.3) is 6.01 Å². The molecule has 1 aliphatic heterocycles. The largest absolute Gasteiger partial charge is 0.423 e. The summed E-state index contributed by atoms with van der Waals surface area (Å²) in [4.78, 5) is 21.9. The first-order valence-electron chi connectivity index (χ1n) is 10.2. The molecule has 0 N–H and O–H groups in total. The molecule has 1 amide bonds. The van der Waals surface area contributed by atoms with Crippen LogP contribution in [0, 0.1) is 5.92 Å². The Morgan fingerprint density at radius 2 is 1.82 bits per heavy atom. The molecule has 5 rings (SSSR count). The van der Waals surface area contributed by atoms with Gasteiger partial charge in [-0.15, -0.1) is 0 Å². The molecule has 2 aliphatic rings. The fourth-order valence-electron chi connectivity index (χ4n) is 4.69. The standard InChI is InChI=1S/C23H25N3O2/c1-25(20-11-10-16-6-2-3-7-18(16)20)22(27)17-12-14-26(15-13-17)23-24-19-8-4-5-9-21(19)28-23/h2-9,17,20H,10-15H2,1H3. The van der Waals surface area contributed by atoms with Gasteiger partial charge in [0, 0.05) is 26.1 Å². The van der Waals surface area contributed by atoms with Crippen molar-refractivity contribution in [1.29, 1.82) is 0 Å². The van der Waals surface area contributed by atoms with Gasteiger partial charge in [0.1, 0.15) is 5.52 Å². The van der Waals surface area contributed by atoms with Crippen LogP contribution in [0.15, 0.2) is 52.9 Å². The number of oxazole rings is 1. The highest BCUT2D eigenvalue weighted by Crippen LogP contribution is 2.36. The third-order valence-electron chi connectivity index (χ3n) is 6.31. The van der Waals surface area contributed by atoms with Gasteiger partial charge in [0.05, 0.1) is 6.04 Å². The molecule has 5 nitrogen and oxygen atoms in total. The lowest BCUT2D eigenvalue weighted by atomic mass is 9.94. The number of nitrogens with zero attached hydrogens (tertiary/aromatic N) is 3. The Morgan fingerprint density at radius 1 is 1.07 bits per heavy atom. The summed E-state index contributed by atoms with van der Waals surface area (Å²) in [5.41, 5.74) is 4.41. The SMILES string of the molecule is CN(C(=O)C1CCN(c2nc3ccccc3o2)CC1)C1CCc2ccccc21. The number of carbonyl (C=O) groups is 1. The van der Waals surface area contributed by atoms with Crippen molar-refractivity contribution in [3.05, 3.63) is 59.7 Å². The minimum Gasteiger partial charge on any atom is -0.423 e. The van der Waals surface area contributed by atoms with E-state index in [2.05, 4.69) is 34.1 Å². The van der Waals surface area contributed by atoms with E-state index in [0.717, 1.165) is 49.9 Å². The predicted molar refractivity (Wildman–Crippen MR) is 109 cm³/mol. The molecule has 5 heteroatoms. The normalized spacial score (nSPS) is 19.8. The van der Waals surface area contributed by atoms with Crippen LogP contribution in [-0.4, -0.2) is 35.9 Å². The molecule has 2 heterocycles. The zero-order valence-electron chi connectivity index (χ0n) is 16.2. The van der Waals surface area contributed by atoms with Crippen molar-refractivity contribution in [3.63, 3.8) is 0 Å². The number of aromatic nitrogens is 1. The molecule has 28 heavy (non-hydrogen) atoms. The van der Waals surface area contributed by atoms with Crippen LogP contribution in [-0.2, 0) is 11.2 Å². The smallest absolute Gasteiger partial charge is 0.298 e. The van der Waals surface area contributed by atoms with Gasteiger partial charge >= 0.3 is 0 Å². The van der Waals surface area contributed by atoms with Crippen LogP contribution in [0.4, 0.5) is 6.01 Å². The molecule has 1 saturated heterocycles. The second-order valence-corrected chi connectivity index (χ2v) is 7.93. The van der Waals surface area contributed by atoms with Gasteiger partial charge in [-0.2, -0.15) is 4.98 Å². The third kappa shape index (κ3) is 2.95. The topological polar surface area (TPSA) is 49.6 Å². The van der Waals surface area contributed by atoms with E-state index in [4.69, 9.17) is 4.42 Å². The maximum Gasteiger partial charge on any atom is 0.298 e. The minimum absolute atomic E-state index is 0.0818. The molecular formula is C23H25N3O2. The molecule has 1 aromatic heterocycles. The molecule has 0 bridgehead atoms. The summed E-state index contributed by atoms with van der Waals surface area (Å²) in [7, 11) is 1.97. The lowest BCUT2D eigenvalue weighted by Crippen LogP contribution is -2.42. The van der Waals surface area contributed by atoms with Gasteiger partial charge in [0.2, 0.25) is 5.91 Å². The fraction of sp³-hybridized carbons (Fsp3) is 0.391. The number of benzene rings is 2. The molecule has 2 aromatic carbocycles. The number of piperidine rings is 1. The Morgan fingerprint density at radius 3 is 2.64 bits per heavy atom. The van der Waals surface area contributed by atoms with E-state index >= 15 is 0 Å². The van der Waals surface area contributed by atoms with Gasteiger partial charge in [-0.25, -0.2) is 0 Å². The summed E-state index contributed by atoms with van der Waals surface area (Å²) >= 11 is 0. The van der Waals surface area contributed by atoms with Gasteiger partial charge < -0.3 is 14.2 Å². The summed E-state index contributed by atoms with van der Waals surface area (Å²) < 4.78 is 5.89. The molecule has 1 fully saturated rings. The van der Waals surface area contributed by atoms with Crippen molar-refractivity contribution >= 4 is 23.0 Å². The van der Waals surface area contributed by atoms with E-state index in [1.165, 1.54) is 11.1 Å². The van der Waals surface area contributed by atoms with Gasteiger partial charge in [-0.1, -0.05) is 36.4 Å². The van der Waals surface area contributed by atoms with E-state index < -0.39 is 0 Å². The lowest BCUT2D eigenvalue weighted by molar-refractivity contribution is -0.137. The van der Waals surface area contributed by atoms with Gasteiger partial charge in [-0.3, -0.25) is 4.79 Å². The molecule has 0 spiro atoms. The minimum atomic E-state index is 0.0818. The highest BCUT2D eigenvalue weighted by molar-refractivity contribution is 5.80. The first-order valence-corrected chi connectivity index (χ1v) is 10.2. The highest BCUT2D eigenvalue weighted by atomic mass is 16.4. The third-order valence-corrected chi connectivity index (χ3v) is 6.31. The zero-order chi connectivity index (χ0) is 19.1. The van der Waals surface area contributed by atoms with Gasteiger partial charge in [0.15, 0.2) is 5.58 Å². The number of aryl methyl sites for hydroxylation is 1. The molecular weight excluding hydrogens is 350 g/mol. The van der Waals surface area contributed by atoms with Crippen LogP contribution in [0.5, 0.6) is 0 Å². The average molecular weight is 375 g/mol. The van der Waals surface area contributed by atoms with Crippen molar-refractivity contribution in [2.75, 3.05) is 25.0 Å². The number of amides is 1. The summed E-state index contributed by atoms with van der Waals surface area (Å²) in [6, 6.07) is 17.3. The number of rotatable bonds is 3. The van der Waals surface area contributed by atoms with Crippen LogP contribution >= 0.6 is 0 Å². The van der Waals surface area contributed by atoms with E-state index in [1.807, 2.05) is 36.2 Å². The first-order chi connectivity index (χ1) is 13.7. The van der Waals surface area contributed by atoms with Crippen molar-refractivity contribution in [3.8, 4) is 0 Å². The predicted octanol–water partition coefficient (Wildman–Crippen LogP) is 4.19. The van der Waals surface area contributed by atoms with Crippen molar-refractivity contribution in [2.45, 2.75) is 31.7 Å². The molecule has 0 saturated carbocycles. The van der Waals surface area contributed by atoms with Crippen molar-refractivity contribution in [2.24, 2.45) is 5.92 Å². The molecule has 1 aliphatic carbocycles. The first kappa shape index (κ1) is 17.3. The van der Waals surface area contributed by atoms with E-state index in [9.17, 15) is 4.79 Å². The number of carbonyl (C=O) groups excluding carboxylic acids is 1. The maximum absolute atomic E-state index is 13.1. The Kier molecular flexibility index (Phi) is 4.30. The van der Waals surface area contributed by atoms with E-state index in [-0.39, 0.29) is 17.9 Å². The van der Waals surface area contributed by atoms with Crippen molar-refractivity contribution < 1.29 is 9.21 Å². The molecule has 1 unspecified atom stereocenters.